The SMILES string of the molecule is CC(C)(C)c1ncnc2[nH]ccc12. The Hall–Kier alpha value is -1.38. The van der Waals surface area contributed by atoms with E-state index in [1.807, 2.05) is 12.3 Å². The van der Waals surface area contributed by atoms with Crippen molar-refractivity contribution in [1.82, 2.24) is 15.0 Å². The van der Waals surface area contributed by atoms with Crippen molar-refractivity contribution in [2.24, 2.45) is 0 Å². The molecule has 3 nitrogen and oxygen atoms in total. The van der Waals surface area contributed by atoms with Crippen molar-refractivity contribution in [3.8, 4) is 0 Å². The second-order valence-corrected chi connectivity index (χ2v) is 4.21. The molecule has 0 fully saturated rings. The lowest BCUT2D eigenvalue weighted by atomic mass is 9.90. The van der Waals surface area contributed by atoms with Crippen molar-refractivity contribution < 1.29 is 0 Å². The predicted octanol–water partition coefficient (Wildman–Crippen LogP) is 2.26. The van der Waals surface area contributed by atoms with Gasteiger partial charge in [-0.1, -0.05) is 20.8 Å². The highest BCUT2D eigenvalue weighted by Gasteiger charge is 2.18. The number of aromatic amines is 1. The molecular weight excluding hydrogens is 162 g/mol. The van der Waals surface area contributed by atoms with Crippen LogP contribution >= 0.6 is 0 Å². The van der Waals surface area contributed by atoms with Crippen LogP contribution in [0.15, 0.2) is 18.6 Å². The van der Waals surface area contributed by atoms with E-state index in [9.17, 15) is 0 Å². The number of hydrogen-bond donors (Lipinski definition) is 1. The van der Waals surface area contributed by atoms with Gasteiger partial charge >= 0.3 is 0 Å². The van der Waals surface area contributed by atoms with Crippen LogP contribution in [-0.2, 0) is 5.41 Å². The summed E-state index contributed by atoms with van der Waals surface area (Å²) in [7, 11) is 0. The zero-order chi connectivity index (χ0) is 9.47. The van der Waals surface area contributed by atoms with E-state index in [-0.39, 0.29) is 5.41 Å². The Bertz CT molecular complexity index is 423. The highest BCUT2D eigenvalue weighted by Crippen LogP contribution is 2.25. The fourth-order valence-corrected chi connectivity index (χ4v) is 1.47. The van der Waals surface area contributed by atoms with Crippen LogP contribution in [0.5, 0.6) is 0 Å². The number of rotatable bonds is 0. The number of hydrogen-bond acceptors (Lipinski definition) is 2. The summed E-state index contributed by atoms with van der Waals surface area (Å²) in [6.07, 6.45) is 3.51. The van der Waals surface area contributed by atoms with Crippen LogP contribution in [0.4, 0.5) is 0 Å². The molecule has 2 aromatic heterocycles. The summed E-state index contributed by atoms with van der Waals surface area (Å²) in [6.45, 7) is 6.46. The Balaban J connectivity index is 2.75. The fraction of sp³-hybridized carbons (Fsp3) is 0.400. The van der Waals surface area contributed by atoms with Gasteiger partial charge in [-0.05, 0) is 6.07 Å². The monoisotopic (exact) mass is 175 g/mol. The summed E-state index contributed by atoms with van der Waals surface area (Å²) in [5, 5.41) is 1.12. The van der Waals surface area contributed by atoms with Gasteiger partial charge in [0.25, 0.3) is 0 Å². The number of fused-ring (bicyclic) bond motifs is 1. The molecule has 0 spiro atoms. The maximum atomic E-state index is 4.32. The van der Waals surface area contributed by atoms with Gasteiger partial charge in [-0.2, -0.15) is 0 Å². The molecule has 2 heterocycles. The molecule has 0 saturated heterocycles. The first-order valence-corrected chi connectivity index (χ1v) is 4.37. The van der Waals surface area contributed by atoms with Crippen molar-refractivity contribution in [1.29, 1.82) is 0 Å². The van der Waals surface area contributed by atoms with Gasteiger partial charge in [0.1, 0.15) is 12.0 Å². The minimum Gasteiger partial charge on any atom is -0.346 e. The molecule has 13 heavy (non-hydrogen) atoms. The number of nitrogens with one attached hydrogen (secondary N) is 1. The number of H-pyrrole nitrogens is 1. The Morgan fingerprint density at radius 3 is 2.69 bits per heavy atom. The molecule has 1 N–H and O–H groups in total. The fourth-order valence-electron chi connectivity index (χ4n) is 1.47. The van der Waals surface area contributed by atoms with E-state index >= 15 is 0 Å². The van der Waals surface area contributed by atoms with Crippen molar-refractivity contribution >= 4 is 11.0 Å². The summed E-state index contributed by atoms with van der Waals surface area (Å²) in [5.41, 5.74) is 2.09. The summed E-state index contributed by atoms with van der Waals surface area (Å²) in [5.74, 6) is 0. The molecule has 0 atom stereocenters. The van der Waals surface area contributed by atoms with Crippen LogP contribution in [0.25, 0.3) is 11.0 Å². The van der Waals surface area contributed by atoms with Crippen molar-refractivity contribution in [3.05, 3.63) is 24.3 Å². The Morgan fingerprint density at radius 1 is 1.23 bits per heavy atom. The van der Waals surface area contributed by atoms with Crippen LogP contribution in [0.1, 0.15) is 26.5 Å². The summed E-state index contributed by atoms with van der Waals surface area (Å²) < 4.78 is 0. The van der Waals surface area contributed by atoms with Gasteiger partial charge in [0.2, 0.25) is 0 Å². The van der Waals surface area contributed by atoms with Crippen molar-refractivity contribution in [3.63, 3.8) is 0 Å². The summed E-state index contributed by atoms with van der Waals surface area (Å²) >= 11 is 0. The molecule has 2 aromatic rings. The molecule has 0 aliphatic rings. The third kappa shape index (κ3) is 1.30. The quantitative estimate of drug-likeness (QED) is 0.667. The van der Waals surface area contributed by atoms with E-state index in [4.69, 9.17) is 0 Å². The smallest absolute Gasteiger partial charge is 0.140 e. The predicted molar refractivity (Wildman–Crippen MR) is 52.6 cm³/mol. The zero-order valence-corrected chi connectivity index (χ0v) is 8.13. The van der Waals surface area contributed by atoms with Gasteiger partial charge in [0.15, 0.2) is 0 Å². The first kappa shape index (κ1) is 8.23. The highest BCUT2D eigenvalue weighted by atomic mass is 14.9. The van der Waals surface area contributed by atoms with E-state index < -0.39 is 0 Å². The minimum absolute atomic E-state index is 0.0728. The molecule has 0 aromatic carbocycles. The first-order valence-electron chi connectivity index (χ1n) is 4.37. The lowest BCUT2D eigenvalue weighted by Crippen LogP contribution is -2.13. The molecule has 0 unspecified atom stereocenters. The van der Waals surface area contributed by atoms with Gasteiger partial charge in [-0.15, -0.1) is 0 Å². The topological polar surface area (TPSA) is 41.6 Å². The standard InChI is InChI=1S/C10H13N3/c1-10(2,3)8-7-4-5-11-9(7)13-6-12-8/h4-6H,1-3H3,(H,11,12,13). The van der Waals surface area contributed by atoms with Crippen LogP contribution in [0.2, 0.25) is 0 Å². The maximum Gasteiger partial charge on any atom is 0.140 e. The van der Waals surface area contributed by atoms with Crippen molar-refractivity contribution in [2.75, 3.05) is 0 Å². The third-order valence-corrected chi connectivity index (χ3v) is 2.06. The van der Waals surface area contributed by atoms with Gasteiger partial charge < -0.3 is 4.98 Å². The Kier molecular flexibility index (Phi) is 1.62. The summed E-state index contributed by atoms with van der Waals surface area (Å²) in [4.78, 5) is 11.5. The normalized spacial score (nSPS) is 12.2. The lowest BCUT2D eigenvalue weighted by molar-refractivity contribution is 0.574. The van der Waals surface area contributed by atoms with Gasteiger partial charge in [0.05, 0.1) is 5.69 Å². The molecule has 0 radical (unpaired) electrons. The van der Waals surface area contributed by atoms with Crippen molar-refractivity contribution in [2.45, 2.75) is 26.2 Å². The molecule has 0 aliphatic heterocycles. The summed E-state index contributed by atoms with van der Waals surface area (Å²) in [6, 6.07) is 2.02. The van der Waals surface area contributed by atoms with Crippen LogP contribution < -0.4 is 0 Å². The minimum atomic E-state index is 0.0728. The Labute approximate surface area is 77.2 Å². The largest absolute Gasteiger partial charge is 0.346 e. The highest BCUT2D eigenvalue weighted by molar-refractivity contribution is 5.78. The molecule has 0 amide bonds. The molecule has 3 heteroatoms. The lowest BCUT2D eigenvalue weighted by Gasteiger charge is -2.17. The maximum absolute atomic E-state index is 4.32. The van der Waals surface area contributed by atoms with Crippen LogP contribution in [0, 0.1) is 0 Å². The third-order valence-electron chi connectivity index (χ3n) is 2.06. The molecule has 68 valence electrons. The van der Waals surface area contributed by atoms with E-state index in [0.717, 1.165) is 16.7 Å². The molecular formula is C10H13N3. The second-order valence-electron chi connectivity index (χ2n) is 4.21. The van der Waals surface area contributed by atoms with Crippen LogP contribution in [0.3, 0.4) is 0 Å². The average Bonchev–Trinajstić information content (AvgIpc) is 2.48. The first-order chi connectivity index (χ1) is 6.09. The number of aromatic nitrogens is 3. The van der Waals surface area contributed by atoms with Gasteiger partial charge in [0, 0.05) is 17.0 Å². The van der Waals surface area contributed by atoms with Gasteiger partial charge in [-0.25, -0.2) is 9.97 Å². The number of nitrogens with zero attached hydrogens (tertiary/aromatic N) is 2. The van der Waals surface area contributed by atoms with E-state index in [1.165, 1.54) is 0 Å². The van der Waals surface area contributed by atoms with Crippen LogP contribution in [-0.4, -0.2) is 15.0 Å². The molecule has 0 saturated carbocycles. The van der Waals surface area contributed by atoms with E-state index in [0.29, 0.717) is 0 Å². The van der Waals surface area contributed by atoms with E-state index in [1.54, 1.807) is 6.33 Å². The molecule has 2 rings (SSSR count). The molecule has 0 bridgehead atoms. The molecule has 0 aliphatic carbocycles. The second kappa shape index (κ2) is 2.55. The zero-order valence-electron chi connectivity index (χ0n) is 8.13. The van der Waals surface area contributed by atoms with Gasteiger partial charge in [-0.3, -0.25) is 0 Å². The van der Waals surface area contributed by atoms with E-state index in [2.05, 4.69) is 35.7 Å². The average molecular weight is 175 g/mol. The Morgan fingerprint density at radius 2 is 2.00 bits per heavy atom.